The molecule has 3 nitrogen and oxygen atoms in total. The normalized spacial score (nSPS) is 21.5. The first kappa shape index (κ1) is 14.2. The topological polar surface area (TPSA) is 41.6 Å². The molecule has 0 amide bonds. The van der Waals surface area contributed by atoms with Crippen LogP contribution in [0.4, 0.5) is 5.69 Å². The van der Waals surface area contributed by atoms with Gasteiger partial charge >= 0.3 is 0 Å². The SMILES string of the molecule is CC1(c2ccccc2Cl)CN=C(N)N1c1ccc(Cl)cc1. The molecule has 0 spiro atoms. The minimum atomic E-state index is -0.406. The van der Waals surface area contributed by atoms with Crippen molar-refractivity contribution in [3.63, 3.8) is 0 Å². The molecule has 21 heavy (non-hydrogen) atoms. The molecule has 0 aromatic heterocycles. The molecule has 108 valence electrons. The fourth-order valence-corrected chi connectivity index (χ4v) is 3.21. The summed E-state index contributed by atoms with van der Waals surface area (Å²) < 4.78 is 0. The lowest BCUT2D eigenvalue weighted by atomic mass is 9.90. The van der Waals surface area contributed by atoms with Gasteiger partial charge in [0.2, 0.25) is 0 Å². The number of hydrogen-bond donors (Lipinski definition) is 1. The maximum atomic E-state index is 6.38. The van der Waals surface area contributed by atoms with Crippen LogP contribution in [0, 0.1) is 0 Å². The molecule has 2 aromatic rings. The molecule has 0 bridgehead atoms. The zero-order chi connectivity index (χ0) is 15.0. The number of nitrogens with two attached hydrogens (primary N) is 1. The van der Waals surface area contributed by atoms with Gasteiger partial charge in [-0.1, -0.05) is 41.4 Å². The maximum absolute atomic E-state index is 6.38. The van der Waals surface area contributed by atoms with Crippen molar-refractivity contribution in [2.24, 2.45) is 10.7 Å². The van der Waals surface area contributed by atoms with Gasteiger partial charge in [-0.3, -0.25) is 4.99 Å². The quantitative estimate of drug-likeness (QED) is 0.907. The Labute approximate surface area is 134 Å². The third-order valence-corrected chi connectivity index (χ3v) is 4.39. The Bertz CT molecular complexity index is 697. The fourth-order valence-electron chi connectivity index (χ4n) is 2.74. The van der Waals surface area contributed by atoms with Crippen molar-refractivity contribution in [1.29, 1.82) is 0 Å². The smallest absolute Gasteiger partial charge is 0.196 e. The van der Waals surface area contributed by atoms with Crippen LogP contribution in [-0.2, 0) is 5.54 Å². The van der Waals surface area contributed by atoms with Gasteiger partial charge in [-0.15, -0.1) is 0 Å². The fraction of sp³-hybridized carbons (Fsp3) is 0.188. The average Bonchev–Trinajstić information content (AvgIpc) is 2.77. The van der Waals surface area contributed by atoms with Crippen LogP contribution in [0.3, 0.4) is 0 Å². The first-order valence-electron chi connectivity index (χ1n) is 6.63. The summed E-state index contributed by atoms with van der Waals surface area (Å²) in [7, 11) is 0. The van der Waals surface area contributed by atoms with Crippen LogP contribution in [0.5, 0.6) is 0 Å². The van der Waals surface area contributed by atoms with E-state index in [1.54, 1.807) is 0 Å². The van der Waals surface area contributed by atoms with Gasteiger partial charge in [0.25, 0.3) is 0 Å². The Morgan fingerprint density at radius 2 is 1.76 bits per heavy atom. The molecule has 1 atom stereocenters. The van der Waals surface area contributed by atoms with Crippen molar-refractivity contribution in [1.82, 2.24) is 0 Å². The molecular weight excluding hydrogens is 305 g/mol. The number of guanidine groups is 1. The Morgan fingerprint density at radius 3 is 2.43 bits per heavy atom. The van der Waals surface area contributed by atoms with Gasteiger partial charge in [-0.25, -0.2) is 0 Å². The molecule has 0 saturated heterocycles. The Hall–Kier alpha value is -1.71. The maximum Gasteiger partial charge on any atom is 0.196 e. The van der Waals surface area contributed by atoms with E-state index in [-0.39, 0.29) is 0 Å². The highest BCUT2D eigenvalue weighted by molar-refractivity contribution is 6.31. The summed E-state index contributed by atoms with van der Waals surface area (Å²) >= 11 is 12.3. The molecule has 2 N–H and O–H groups in total. The number of halogens is 2. The van der Waals surface area contributed by atoms with E-state index in [1.165, 1.54) is 0 Å². The number of anilines is 1. The molecule has 1 aliphatic rings. The van der Waals surface area contributed by atoms with E-state index in [1.807, 2.05) is 53.4 Å². The zero-order valence-electron chi connectivity index (χ0n) is 11.6. The summed E-state index contributed by atoms with van der Waals surface area (Å²) in [5.41, 5.74) is 7.66. The van der Waals surface area contributed by atoms with Crippen LogP contribution in [0.15, 0.2) is 53.5 Å². The van der Waals surface area contributed by atoms with E-state index in [0.29, 0.717) is 22.5 Å². The van der Waals surface area contributed by atoms with E-state index >= 15 is 0 Å². The van der Waals surface area contributed by atoms with Gasteiger partial charge in [0, 0.05) is 15.7 Å². The zero-order valence-corrected chi connectivity index (χ0v) is 13.1. The molecule has 0 radical (unpaired) electrons. The highest BCUT2D eigenvalue weighted by Crippen LogP contribution is 2.39. The lowest BCUT2D eigenvalue weighted by molar-refractivity contribution is 0.533. The van der Waals surface area contributed by atoms with Crippen molar-refractivity contribution in [3.05, 3.63) is 64.1 Å². The van der Waals surface area contributed by atoms with Crippen LogP contribution >= 0.6 is 23.2 Å². The first-order chi connectivity index (χ1) is 10.0. The van der Waals surface area contributed by atoms with Crippen molar-refractivity contribution >= 4 is 34.8 Å². The Morgan fingerprint density at radius 1 is 1.10 bits per heavy atom. The third-order valence-electron chi connectivity index (χ3n) is 3.81. The molecule has 0 fully saturated rings. The number of benzene rings is 2. The lowest BCUT2D eigenvalue weighted by Gasteiger charge is -2.37. The van der Waals surface area contributed by atoms with E-state index in [4.69, 9.17) is 28.9 Å². The third kappa shape index (κ3) is 2.37. The van der Waals surface area contributed by atoms with Gasteiger partial charge in [-0.05, 0) is 42.8 Å². The molecule has 0 aliphatic carbocycles. The van der Waals surface area contributed by atoms with Crippen LogP contribution < -0.4 is 10.6 Å². The summed E-state index contributed by atoms with van der Waals surface area (Å²) in [6.07, 6.45) is 0. The molecule has 0 saturated carbocycles. The van der Waals surface area contributed by atoms with Crippen molar-refractivity contribution in [3.8, 4) is 0 Å². The number of aliphatic imine (C=N–C) groups is 1. The largest absolute Gasteiger partial charge is 0.369 e. The number of nitrogens with zero attached hydrogens (tertiary/aromatic N) is 2. The summed E-state index contributed by atoms with van der Waals surface area (Å²) in [4.78, 5) is 6.42. The first-order valence-corrected chi connectivity index (χ1v) is 7.39. The number of hydrogen-bond acceptors (Lipinski definition) is 3. The number of rotatable bonds is 2. The monoisotopic (exact) mass is 319 g/mol. The standard InChI is InChI=1S/C16H15Cl2N3/c1-16(13-4-2-3-5-14(13)18)10-20-15(19)21(16)12-8-6-11(17)7-9-12/h2-9H,10H2,1H3,(H2,19,20). The van der Waals surface area contributed by atoms with E-state index in [9.17, 15) is 0 Å². The molecule has 5 heteroatoms. The van der Waals surface area contributed by atoms with Crippen LogP contribution in [0.2, 0.25) is 10.0 Å². The van der Waals surface area contributed by atoms with Gasteiger partial charge < -0.3 is 10.6 Å². The second-order valence-electron chi connectivity index (χ2n) is 5.24. The average molecular weight is 320 g/mol. The van der Waals surface area contributed by atoms with Gasteiger partial charge in [0.15, 0.2) is 5.96 Å². The Balaban J connectivity index is 2.10. The second-order valence-corrected chi connectivity index (χ2v) is 6.08. The predicted octanol–water partition coefficient (Wildman–Crippen LogP) is 4.04. The molecular formula is C16H15Cl2N3. The van der Waals surface area contributed by atoms with Crippen LogP contribution in [-0.4, -0.2) is 12.5 Å². The van der Waals surface area contributed by atoms with Crippen molar-refractivity contribution in [2.45, 2.75) is 12.5 Å². The summed E-state index contributed by atoms with van der Waals surface area (Å²) in [6, 6.07) is 15.3. The van der Waals surface area contributed by atoms with E-state index in [0.717, 1.165) is 11.3 Å². The van der Waals surface area contributed by atoms with E-state index < -0.39 is 5.54 Å². The minimum Gasteiger partial charge on any atom is -0.369 e. The van der Waals surface area contributed by atoms with Crippen LogP contribution in [0.25, 0.3) is 0 Å². The predicted molar refractivity (Wildman–Crippen MR) is 89.2 cm³/mol. The van der Waals surface area contributed by atoms with Gasteiger partial charge in [0.05, 0.1) is 12.1 Å². The second kappa shape index (κ2) is 5.24. The Kier molecular flexibility index (Phi) is 3.56. The highest BCUT2D eigenvalue weighted by atomic mass is 35.5. The lowest BCUT2D eigenvalue weighted by Crippen LogP contribution is -2.47. The molecule has 2 aromatic carbocycles. The molecule has 1 aliphatic heterocycles. The molecule has 3 rings (SSSR count). The van der Waals surface area contributed by atoms with Crippen molar-refractivity contribution < 1.29 is 0 Å². The summed E-state index contributed by atoms with van der Waals surface area (Å²) in [5.74, 6) is 0.486. The highest BCUT2D eigenvalue weighted by Gasteiger charge is 2.41. The van der Waals surface area contributed by atoms with E-state index in [2.05, 4.69) is 11.9 Å². The summed E-state index contributed by atoms with van der Waals surface area (Å²) in [6.45, 7) is 2.65. The van der Waals surface area contributed by atoms with Crippen LogP contribution in [0.1, 0.15) is 12.5 Å². The minimum absolute atomic E-state index is 0.406. The summed E-state index contributed by atoms with van der Waals surface area (Å²) in [5, 5.41) is 1.40. The van der Waals surface area contributed by atoms with Gasteiger partial charge in [0.1, 0.15) is 0 Å². The molecule has 1 heterocycles. The van der Waals surface area contributed by atoms with Crippen molar-refractivity contribution in [2.75, 3.05) is 11.4 Å². The molecule has 1 unspecified atom stereocenters. The van der Waals surface area contributed by atoms with Gasteiger partial charge in [-0.2, -0.15) is 0 Å².